The Hall–Kier alpha value is -1.46. The summed E-state index contributed by atoms with van der Waals surface area (Å²) in [7, 11) is 0. The highest BCUT2D eigenvalue weighted by Gasteiger charge is 2.26. The molecular weight excluding hydrogens is 232 g/mol. The Morgan fingerprint density at radius 1 is 1.50 bits per heavy atom. The standard InChI is InChI=1S/C13H18N2O3/c1-13(2,16)9-14-7-6-11-10(8-14)4-3-5-12(11)15(17)18/h3-5,16H,6-9H2,1-2H3. The first kappa shape index (κ1) is 13.0. The van der Waals surface area contributed by atoms with Gasteiger partial charge in [0.25, 0.3) is 5.69 Å². The normalized spacial score (nSPS) is 16.4. The van der Waals surface area contributed by atoms with E-state index in [4.69, 9.17) is 0 Å². The number of β-amino-alcohol motifs (C(OH)–C–C–N with tert-alkyl or cyclic N) is 1. The van der Waals surface area contributed by atoms with Crippen molar-refractivity contribution in [3.63, 3.8) is 0 Å². The lowest BCUT2D eigenvalue weighted by Gasteiger charge is -2.32. The van der Waals surface area contributed by atoms with Gasteiger partial charge in [-0.25, -0.2) is 0 Å². The van der Waals surface area contributed by atoms with E-state index in [9.17, 15) is 15.2 Å². The van der Waals surface area contributed by atoms with Gasteiger partial charge >= 0.3 is 0 Å². The highest BCUT2D eigenvalue weighted by atomic mass is 16.6. The predicted octanol–water partition coefficient (Wildman–Crippen LogP) is 1.72. The van der Waals surface area contributed by atoms with Crippen LogP contribution in [0.4, 0.5) is 5.69 Å². The fourth-order valence-corrected chi connectivity index (χ4v) is 2.50. The molecule has 18 heavy (non-hydrogen) atoms. The fourth-order valence-electron chi connectivity index (χ4n) is 2.50. The topological polar surface area (TPSA) is 66.6 Å². The van der Waals surface area contributed by atoms with Crippen LogP contribution in [0.5, 0.6) is 0 Å². The van der Waals surface area contributed by atoms with Crippen molar-refractivity contribution < 1.29 is 10.0 Å². The van der Waals surface area contributed by atoms with Crippen molar-refractivity contribution in [2.24, 2.45) is 0 Å². The summed E-state index contributed by atoms with van der Waals surface area (Å²) in [6.45, 7) is 5.55. The third kappa shape index (κ3) is 2.86. The Bertz CT molecular complexity index is 466. The number of nitrogens with zero attached hydrogens (tertiary/aromatic N) is 2. The molecule has 0 aromatic heterocycles. The van der Waals surface area contributed by atoms with Gasteiger partial charge in [0, 0.05) is 31.3 Å². The van der Waals surface area contributed by atoms with Gasteiger partial charge in [-0.1, -0.05) is 12.1 Å². The summed E-state index contributed by atoms with van der Waals surface area (Å²) in [6.07, 6.45) is 0.669. The minimum atomic E-state index is -0.738. The molecule has 1 aliphatic rings. The van der Waals surface area contributed by atoms with Crippen LogP contribution in [0.25, 0.3) is 0 Å². The van der Waals surface area contributed by atoms with Crippen molar-refractivity contribution in [2.45, 2.75) is 32.4 Å². The Kier molecular flexibility index (Phi) is 3.36. The molecule has 0 saturated heterocycles. The Balaban J connectivity index is 2.21. The zero-order valence-corrected chi connectivity index (χ0v) is 10.7. The molecule has 1 aliphatic heterocycles. The van der Waals surface area contributed by atoms with Gasteiger partial charge in [0.05, 0.1) is 10.5 Å². The van der Waals surface area contributed by atoms with Crippen LogP contribution in [0.3, 0.4) is 0 Å². The summed E-state index contributed by atoms with van der Waals surface area (Å²) >= 11 is 0. The summed E-state index contributed by atoms with van der Waals surface area (Å²) in [5, 5.41) is 20.7. The van der Waals surface area contributed by atoms with E-state index in [0.29, 0.717) is 19.5 Å². The van der Waals surface area contributed by atoms with Crippen molar-refractivity contribution in [3.8, 4) is 0 Å². The van der Waals surface area contributed by atoms with Crippen molar-refractivity contribution in [3.05, 3.63) is 39.4 Å². The van der Waals surface area contributed by atoms with Crippen LogP contribution in [-0.4, -0.2) is 33.6 Å². The van der Waals surface area contributed by atoms with Crippen LogP contribution in [0.2, 0.25) is 0 Å². The van der Waals surface area contributed by atoms with Crippen LogP contribution in [0, 0.1) is 10.1 Å². The number of nitro groups is 1. The number of hydrogen-bond donors (Lipinski definition) is 1. The summed E-state index contributed by atoms with van der Waals surface area (Å²) in [5.74, 6) is 0. The molecule has 0 radical (unpaired) electrons. The second-order valence-electron chi connectivity index (χ2n) is 5.45. The number of fused-ring (bicyclic) bond motifs is 1. The molecule has 0 saturated carbocycles. The van der Waals surface area contributed by atoms with Crippen LogP contribution in [-0.2, 0) is 13.0 Å². The molecule has 1 heterocycles. The van der Waals surface area contributed by atoms with Crippen LogP contribution < -0.4 is 0 Å². The molecule has 0 amide bonds. The number of aliphatic hydroxyl groups is 1. The zero-order chi connectivity index (χ0) is 13.3. The molecule has 1 N–H and O–H groups in total. The molecule has 1 aromatic carbocycles. The van der Waals surface area contributed by atoms with Crippen molar-refractivity contribution >= 4 is 5.69 Å². The van der Waals surface area contributed by atoms with E-state index in [1.807, 2.05) is 6.07 Å². The summed E-state index contributed by atoms with van der Waals surface area (Å²) in [4.78, 5) is 12.8. The second-order valence-corrected chi connectivity index (χ2v) is 5.45. The summed E-state index contributed by atoms with van der Waals surface area (Å²) in [6, 6.07) is 5.22. The van der Waals surface area contributed by atoms with Gasteiger partial charge in [0.2, 0.25) is 0 Å². The summed E-state index contributed by atoms with van der Waals surface area (Å²) in [5.41, 5.74) is 1.32. The van der Waals surface area contributed by atoms with Crippen LogP contribution >= 0.6 is 0 Å². The fraction of sp³-hybridized carbons (Fsp3) is 0.538. The molecule has 5 nitrogen and oxygen atoms in total. The number of benzene rings is 1. The molecule has 1 aromatic rings. The lowest BCUT2D eigenvalue weighted by Crippen LogP contribution is -2.41. The van der Waals surface area contributed by atoms with Gasteiger partial charge in [-0.05, 0) is 25.8 Å². The van der Waals surface area contributed by atoms with E-state index in [1.54, 1.807) is 26.0 Å². The quantitative estimate of drug-likeness (QED) is 0.655. The minimum absolute atomic E-state index is 0.218. The monoisotopic (exact) mass is 250 g/mol. The maximum Gasteiger partial charge on any atom is 0.272 e. The number of nitro benzene ring substituents is 1. The Morgan fingerprint density at radius 2 is 2.22 bits per heavy atom. The van der Waals surface area contributed by atoms with E-state index in [0.717, 1.165) is 17.7 Å². The lowest BCUT2D eigenvalue weighted by molar-refractivity contribution is -0.385. The van der Waals surface area contributed by atoms with Crippen molar-refractivity contribution in [1.29, 1.82) is 0 Å². The van der Waals surface area contributed by atoms with E-state index in [1.165, 1.54) is 0 Å². The first-order valence-corrected chi connectivity index (χ1v) is 6.07. The van der Waals surface area contributed by atoms with Gasteiger partial charge in [-0.2, -0.15) is 0 Å². The van der Waals surface area contributed by atoms with Crippen molar-refractivity contribution in [1.82, 2.24) is 4.90 Å². The molecule has 0 spiro atoms. The summed E-state index contributed by atoms with van der Waals surface area (Å²) < 4.78 is 0. The van der Waals surface area contributed by atoms with E-state index >= 15 is 0 Å². The third-order valence-electron chi connectivity index (χ3n) is 3.13. The highest BCUT2D eigenvalue weighted by molar-refractivity contribution is 5.46. The van der Waals surface area contributed by atoms with Crippen LogP contribution in [0.1, 0.15) is 25.0 Å². The maximum atomic E-state index is 10.9. The second kappa shape index (κ2) is 4.66. The molecule has 0 aliphatic carbocycles. The molecule has 0 bridgehead atoms. The molecule has 2 rings (SSSR count). The molecule has 98 valence electrons. The zero-order valence-electron chi connectivity index (χ0n) is 10.7. The van der Waals surface area contributed by atoms with Gasteiger partial charge in [-0.15, -0.1) is 0 Å². The van der Waals surface area contributed by atoms with Gasteiger partial charge < -0.3 is 5.11 Å². The van der Waals surface area contributed by atoms with Crippen LogP contribution in [0.15, 0.2) is 18.2 Å². The molecule has 0 atom stereocenters. The first-order chi connectivity index (χ1) is 8.37. The van der Waals surface area contributed by atoms with E-state index < -0.39 is 5.60 Å². The third-order valence-corrected chi connectivity index (χ3v) is 3.13. The largest absolute Gasteiger partial charge is 0.389 e. The Labute approximate surface area is 106 Å². The van der Waals surface area contributed by atoms with Gasteiger partial charge in [0.1, 0.15) is 0 Å². The van der Waals surface area contributed by atoms with Gasteiger partial charge in [-0.3, -0.25) is 15.0 Å². The van der Waals surface area contributed by atoms with Gasteiger partial charge in [0.15, 0.2) is 0 Å². The Morgan fingerprint density at radius 3 is 2.83 bits per heavy atom. The van der Waals surface area contributed by atoms with E-state index in [2.05, 4.69) is 4.90 Å². The smallest absolute Gasteiger partial charge is 0.272 e. The first-order valence-electron chi connectivity index (χ1n) is 6.07. The van der Waals surface area contributed by atoms with E-state index in [-0.39, 0.29) is 10.6 Å². The average molecular weight is 250 g/mol. The maximum absolute atomic E-state index is 10.9. The van der Waals surface area contributed by atoms with Crippen molar-refractivity contribution in [2.75, 3.05) is 13.1 Å². The predicted molar refractivity (Wildman–Crippen MR) is 68.4 cm³/mol. The number of hydrogen-bond acceptors (Lipinski definition) is 4. The highest BCUT2D eigenvalue weighted by Crippen LogP contribution is 2.28. The SMILES string of the molecule is CC(C)(O)CN1CCc2c(cccc2[N+](=O)[O-])C1. The number of rotatable bonds is 3. The molecule has 0 unspecified atom stereocenters. The molecular formula is C13H18N2O3. The molecule has 0 fully saturated rings. The molecule has 5 heteroatoms. The minimum Gasteiger partial charge on any atom is -0.389 e. The average Bonchev–Trinajstić information content (AvgIpc) is 2.25. The lowest BCUT2D eigenvalue weighted by atomic mass is 9.97.